The first-order valence-corrected chi connectivity index (χ1v) is 6.88. The number of halogens is 2. The molecule has 0 heterocycles. The van der Waals surface area contributed by atoms with Crippen LogP contribution in [0.25, 0.3) is 0 Å². The number of nitrogens with two attached hydrogens (primary N) is 1. The number of thioether (sulfide) groups is 1. The van der Waals surface area contributed by atoms with Crippen LogP contribution in [0.4, 0.5) is 0 Å². The second-order valence-corrected chi connectivity index (χ2v) is 6.77. The van der Waals surface area contributed by atoms with Gasteiger partial charge in [0, 0.05) is 16.7 Å². The van der Waals surface area contributed by atoms with Gasteiger partial charge in [0.15, 0.2) is 0 Å². The number of benzene rings is 1. The van der Waals surface area contributed by atoms with Crippen LogP contribution in [0, 0.1) is 5.41 Å². The second-order valence-electron chi connectivity index (χ2n) is 4.86. The molecule has 0 radical (unpaired) electrons. The number of hydrogen-bond donors (Lipinski definition) is 1. The van der Waals surface area contributed by atoms with E-state index in [2.05, 4.69) is 20.8 Å². The average molecular weight is 278 g/mol. The molecular formula is C12H17Cl2NS. The third-order valence-corrected chi connectivity index (χ3v) is 4.29. The molecule has 0 spiro atoms. The molecular weight excluding hydrogens is 261 g/mol. The Kier molecular flexibility index (Phi) is 4.99. The van der Waals surface area contributed by atoms with Crippen molar-refractivity contribution in [3.05, 3.63) is 28.2 Å². The molecule has 1 aromatic carbocycles. The molecule has 0 aromatic heterocycles. The highest BCUT2D eigenvalue weighted by Gasteiger charge is 2.20. The van der Waals surface area contributed by atoms with Gasteiger partial charge in [-0.3, -0.25) is 0 Å². The van der Waals surface area contributed by atoms with Crippen molar-refractivity contribution in [1.29, 1.82) is 0 Å². The van der Waals surface area contributed by atoms with E-state index in [4.69, 9.17) is 28.9 Å². The molecule has 90 valence electrons. The van der Waals surface area contributed by atoms with Crippen molar-refractivity contribution in [2.75, 3.05) is 5.75 Å². The van der Waals surface area contributed by atoms with Crippen molar-refractivity contribution >= 4 is 35.0 Å². The normalized spacial score (nSPS) is 13.9. The van der Waals surface area contributed by atoms with Crippen LogP contribution >= 0.6 is 35.0 Å². The fourth-order valence-corrected chi connectivity index (χ4v) is 2.60. The summed E-state index contributed by atoms with van der Waals surface area (Å²) in [7, 11) is 0. The van der Waals surface area contributed by atoms with Gasteiger partial charge < -0.3 is 5.73 Å². The molecule has 0 bridgehead atoms. The highest BCUT2D eigenvalue weighted by atomic mass is 35.5. The summed E-state index contributed by atoms with van der Waals surface area (Å²) in [6.07, 6.45) is 0. The molecule has 1 rings (SSSR count). The average Bonchev–Trinajstić information content (AvgIpc) is 2.18. The topological polar surface area (TPSA) is 26.0 Å². The maximum atomic E-state index is 6.09. The van der Waals surface area contributed by atoms with E-state index >= 15 is 0 Å². The Morgan fingerprint density at radius 1 is 1.25 bits per heavy atom. The summed E-state index contributed by atoms with van der Waals surface area (Å²) in [4.78, 5) is 1.11. The first-order chi connectivity index (χ1) is 7.30. The third-order valence-electron chi connectivity index (χ3n) is 2.43. The van der Waals surface area contributed by atoms with E-state index in [0.29, 0.717) is 10.0 Å². The Bertz CT molecular complexity index is 361. The molecule has 0 aliphatic carbocycles. The zero-order chi connectivity index (χ0) is 12.3. The van der Waals surface area contributed by atoms with Crippen molar-refractivity contribution in [1.82, 2.24) is 0 Å². The molecule has 1 nitrogen and oxygen atoms in total. The summed E-state index contributed by atoms with van der Waals surface area (Å²) in [5.41, 5.74) is 6.21. The number of hydrogen-bond acceptors (Lipinski definition) is 2. The van der Waals surface area contributed by atoms with Crippen LogP contribution in [-0.2, 0) is 0 Å². The quantitative estimate of drug-likeness (QED) is 0.826. The minimum atomic E-state index is 0.128. The van der Waals surface area contributed by atoms with Gasteiger partial charge >= 0.3 is 0 Å². The number of rotatable bonds is 3. The van der Waals surface area contributed by atoms with Gasteiger partial charge in [0.25, 0.3) is 0 Å². The molecule has 1 unspecified atom stereocenters. The zero-order valence-electron chi connectivity index (χ0n) is 9.76. The molecule has 0 fully saturated rings. The van der Waals surface area contributed by atoms with Gasteiger partial charge in [-0.15, -0.1) is 11.8 Å². The molecule has 0 aliphatic rings. The molecule has 1 atom stereocenters. The lowest BCUT2D eigenvalue weighted by atomic mass is 9.89. The van der Waals surface area contributed by atoms with Crippen molar-refractivity contribution in [3.8, 4) is 0 Å². The second kappa shape index (κ2) is 5.63. The first kappa shape index (κ1) is 14.2. The van der Waals surface area contributed by atoms with Gasteiger partial charge in [-0.2, -0.15) is 0 Å². The van der Waals surface area contributed by atoms with Crippen LogP contribution in [0.1, 0.15) is 20.8 Å². The molecule has 16 heavy (non-hydrogen) atoms. The van der Waals surface area contributed by atoms with E-state index in [-0.39, 0.29) is 11.5 Å². The summed E-state index contributed by atoms with van der Waals surface area (Å²) in [5, 5.41) is 1.18. The molecule has 1 aromatic rings. The van der Waals surface area contributed by atoms with Crippen molar-refractivity contribution in [2.24, 2.45) is 11.1 Å². The van der Waals surface area contributed by atoms with Crippen LogP contribution in [0.3, 0.4) is 0 Å². The minimum Gasteiger partial charge on any atom is -0.326 e. The van der Waals surface area contributed by atoms with Gasteiger partial charge in [0.2, 0.25) is 0 Å². The van der Waals surface area contributed by atoms with Gasteiger partial charge in [-0.1, -0.05) is 44.0 Å². The SMILES string of the molecule is CC(C)(C)C(N)CSc1ccc(Cl)c(Cl)c1. The molecule has 4 heteroatoms. The van der Waals surface area contributed by atoms with Crippen molar-refractivity contribution in [2.45, 2.75) is 31.7 Å². The molecule has 0 aliphatic heterocycles. The smallest absolute Gasteiger partial charge is 0.0603 e. The summed E-state index contributed by atoms with van der Waals surface area (Å²) in [6.45, 7) is 6.44. The van der Waals surface area contributed by atoms with Crippen LogP contribution < -0.4 is 5.73 Å². The van der Waals surface area contributed by atoms with Crippen LogP contribution in [0.15, 0.2) is 23.1 Å². The van der Waals surface area contributed by atoms with Gasteiger partial charge in [-0.25, -0.2) is 0 Å². The lowest BCUT2D eigenvalue weighted by Crippen LogP contribution is -2.37. The first-order valence-electron chi connectivity index (χ1n) is 5.14. The summed E-state index contributed by atoms with van der Waals surface area (Å²) in [5.74, 6) is 0.876. The summed E-state index contributed by atoms with van der Waals surface area (Å²) in [6, 6.07) is 5.82. The largest absolute Gasteiger partial charge is 0.326 e. The lowest BCUT2D eigenvalue weighted by molar-refractivity contribution is 0.344. The fraction of sp³-hybridized carbons (Fsp3) is 0.500. The van der Waals surface area contributed by atoms with Crippen molar-refractivity contribution < 1.29 is 0 Å². The van der Waals surface area contributed by atoms with E-state index in [1.165, 1.54) is 0 Å². The highest BCUT2D eigenvalue weighted by Crippen LogP contribution is 2.30. The Hall–Kier alpha value is 0.110. The molecule has 0 amide bonds. The Labute approximate surface area is 112 Å². The predicted octanol–water partition coefficient (Wildman–Crippen LogP) is 4.46. The summed E-state index contributed by atoms with van der Waals surface area (Å²) < 4.78 is 0. The van der Waals surface area contributed by atoms with E-state index in [1.54, 1.807) is 11.8 Å². The highest BCUT2D eigenvalue weighted by molar-refractivity contribution is 7.99. The van der Waals surface area contributed by atoms with E-state index in [1.807, 2.05) is 18.2 Å². The van der Waals surface area contributed by atoms with Gasteiger partial charge in [-0.05, 0) is 23.6 Å². The van der Waals surface area contributed by atoms with E-state index in [0.717, 1.165) is 10.6 Å². The van der Waals surface area contributed by atoms with Gasteiger partial charge in [0.05, 0.1) is 10.0 Å². The monoisotopic (exact) mass is 277 g/mol. The zero-order valence-corrected chi connectivity index (χ0v) is 12.1. The molecule has 0 saturated heterocycles. The summed E-state index contributed by atoms with van der Waals surface area (Å²) >= 11 is 13.5. The van der Waals surface area contributed by atoms with Crippen LogP contribution in [0.5, 0.6) is 0 Å². The Balaban J connectivity index is 2.58. The Morgan fingerprint density at radius 2 is 1.88 bits per heavy atom. The van der Waals surface area contributed by atoms with Crippen molar-refractivity contribution in [3.63, 3.8) is 0 Å². The van der Waals surface area contributed by atoms with E-state index in [9.17, 15) is 0 Å². The van der Waals surface area contributed by atoms with Crippen LogP contribution in [-0.4, -0.2) is 11.8 Å². The standard InChI is InChI=1S/C12H17Cl2NS/c1-12(2,3)11(15)7-16-8-4-5-9(13)10(14)6-8/h4-6,11H,7,15H2,1-3H3. The molecule has 2 N–H and O–H groups in total. The van der Waals surface area contributed by atoms with Gasteiger partial charge in [0.1, 0.15) is 0 Å². The fourth-order valence-electron chi connectivity index (χ4n) is 1.00. The minimum absolute atomic E-state index is 0.128. The predicted molar refractivity (Wildman–Crippen MR) is 74.6 cm³/mol. The maximum Gasteiger partial charge on any atom is 0.0603 e. The van der Waals surface area contributed by atoms with E-state index < -0.39 is 0 Å². The van der Waals surface area contributed by atoms with Crippen LogP contribution in [0.2, 0.25) is 10.0 Å². The maximum absolute atomic E-state index is 6.09. The molecule has 0 saturated carbocycles. The Morgan fingerprint density at radius 3 is 2.38 bits per heavy atom. The third kappa shape index (κ3) is 4.17. The lowest BCUT2D eigenvalue weighted by Gasteiger charge is -2.26.